The van der Waals surface area contributed by atoms with Gasteiger partial charge in [0.15, 0.2) is 0 Å². The fourth-order valence-electron chi connectivity index (χ4n) is 0.849. The minimum atomic E-state index is -0.397. The highest BCUT2D eigenvalue weighted by Gasteiger charge is 2.03. The summed E-state index contributed by atoms with van der Waals surface area (Å²) in [5, 5.41) is 18.1. The molecule has 0 rings (SSSR count). The van der Waals surface area contributed by atoms with Crippen molar-refractivity contribution in [3.05, 3.63) is 11.6 Å². The quantitative estimate of drug-likeness (QED) is 0.608. The predicted molar refractivity (Wildman–Crippen MR) is 46.6 cm³/mol. The third kappa shape index (κ3) is 7.85. The first-order valence-electron chi connectivity index (χ1n) is 3.79. The molecule has 0 heterocycles. The summed E-state index contributed by atoms with van der Waals surface area (Å²) in [6.45, 7) is 3.67. The van der Waals surface area contributed by atoms with Crippen molar-refractivity contribution < 1.29 is 10.2 Å². The summed E-state index contributed by atoms with van der Waals surface area (Å²) in [4.78, 5) is 0. The van der Waals surface area contributed by atoms with Gasteiger partial charge in [0.05, 0.1) is 6.10 Å². The second-order valence-electron chi connectivity index (χ2n) is 2.59. The molecule has 0 aliphatic heterocycles. The van der Waals surface area contributed by atoms with Crippen LogP contribution in [0.15, 0.2) is 11.6 Å². The van der Waals surface area contributed by atoms with Crippen LogP contribution in [-0.2, 0) is 0 Å². The van der Waals surface area contributed by atoms with Gasteiger partial charge in [-0.2, -0.15) is 0 Å². The number of hydrogen-bond acceptors (Lipinski definition) is 2. The van der Waals surface area contributed by atoms with Gasteiger partial charge in [-0.3, -0.25) is 0 Å². The maximum Gasteiger partial charge on any atom is 0.0589 e. The molecule has 0 aliphatic carbocycles. The zero-order chi connectivity index (χ0) is 8.69. The second-order valence-corrected chi connectivity index (χ2v) is 3.13. The molecule has 0 aromatic heterocycles. The molecule has 66 valence electrons. The third-order valence-electron chi connectivity index (χ3n) is 1.40. The highest BCUT2D eigenvalue weighted by atomic mass is 35.5. The number of aliphatic hydroxyl groups is 2. The fraction of sp³-hybridized carbons (Fsp3) is 0.750. The average Bonchev–Trinajstić information content (AvgIpc) is 1.86. The Hall–Kier alpha value is -0.0500. The third-order valence-corrected chi connectivity index (χ3v) is 1.56. The van der Waals surface area contributed by atoms with E-state index in [1.807, 2.05) is 0 Å². The van der Waals surface area contributed by atoms with Crippen molar-refractivity contribution in [2.75, 3.05) is 6.61 Å². The van der Waals surface area contributed by atoms with Gasteiger partial charge in [-0.05, 0) is 19.3 Å². The Kier molecular flexibility index (Phi) is 6.62. The average molecular weight is 179 g/mol. The van der Waals surface area contributed by atoms with E-state index >= 15 is 0 Å². The van der Waals surface area contributed by atoms with Crippen LogP contribution in [0.1, 0.15) is 25.7 Å². The first kappa shape index (κ1) is 11.0. The molecule has 1 atom stereocenters. The largest absolute Gasteiger partial charge is 0.396 e. The minimum absolute atomic E-state index is 0.189. The molecule has 3 heteroatoms. The number of halogens is 1. The number of aliphatic hydroxyl groups excluding tert-OH is 2. The smallest absolute Gasteiger partial charge is 0.0589 e. The van der Waals surface area contributed by atoms with Crippen LogP contribution < -0.4 is 0 Å². The molecule has 0 fully saturated rings. The van der Waals surface area contributed by atoms with E-state index in [-0.39, 0.29) is 6.61 Å². The van der Waals surface area contributed by atoms with Gasteiger partial charge in [0, 0.05) is 18.1 Å². The summed E-state index contributed by atoms with van der Waals surface area (Å²) in [6.07, 6.45) is 2.32. The van der Waals surface area contributed by atoms with E-state index in [1.54, 1.807) is 0 Å². The summed E-state index contributed by atoms with van der Waals surface area (Å²) in [7, 11) is 0. The normalized spacial score (nSPS) is 13.0. The topological polar surface area (TPSA) is 40.5 Å². The molecule has 0 saturated heterocycles. The van der Waals surface area contributed by atoms with Gasteiger partial charge in [-0.25, -0.2) is 0 Å². The Morgan fingerprint density at radius 3 is 2.55 bits per heavy atom. The van der Waals surface area contributed by atoms with Crippen molar-refractivity contribution >= 4 is 11.6 Å². The number of rotatable bonds is 6. The van der Waals surface area contributed by atoms with Gasteiger partial charge >= 0.3 is 0 Å². The molecule has 2 N–H and O–H groups in total. The van der Waals surface area contributed by atoms with E-state index in [9.17, 15) is 5.11 Å². The number of hydrogen-bond donors (Lipinski definition) is 2. The SMILES string of the molecule is C=C(Cl)CC(O)CCCCO. The van der Waals surface area contributed by atoms with Crippen LogP contribution in [0.5, 0.6) is 0 Å². The molecule has 0 spiro atoms. The molecule has 0 aromatic rings. The van der Waals surface area contributed by atoms with E-state index < -0.39 is 6.10 Å². The first-order chi connectivity index (χ1) is 5.16. The lowest BCUT2D eigenvalue weighted by Gasteiger charge is -2.07. The molecule has 1 unspecified atom stereocenters. The van der Waals surface area contributed by atoms with Crippen LogP contribution in [0, 0.1) is 0 Å². The zero-order valence-corrected chi connectivity index (χ0v) is 7.35. The Morgan fingerprint density at radius 2 is 2.09 bits per heavy atom. The molecular weight excluding hydrogens is 164 g/mol. The molecule has 0 amide bonds. The lowest BCUT2D eigenvalue weighted by molar-refractivity contribution is 0.159. The van der Waals surface area contributed by atoms with Gasteiger partial charge in [0.25, 0.3) is 0 Å². The van der Waals surface area contributed by atoms with Crippen molar-refractivity contribution in [2.24, 2.45) is 0 Å². The highest BCUT2D eigenvalue weighted by Crippen LogP contribution is 2.11. The Morgan fingerprint density at radius 1 is 1.45 bits per heavy atom. The van der Waals surface area contributed by atoms with Crippen LogP contribution >= 0.6 is 11.6 Å². The Labute approximate surface area is 72.5 Å². The van der Waals surface area contributed by atoms with Gasteiger partial charge in [-0.1, -0.05) is 18.2 Å². The maximum absolute atomic E-state index is 9.22. The maximum atomic E-state index is 9.22. The van der Waals surface area contributed by atoms with Crippen LogP contribution in [0.4, 0.5) is 0 Å². The minimum Gasteiger partial charge on any atom is -0.396 e. The molecule has 0 aliphatic rings. The van der Waals surface area contributed by atoms with Gasteiger partial charge in [0.1, 0.15) is 0 Å². The van der Waals surface area contributed by atoms with Crippen molar-refractivity contribution in [1.82, 2.24) is 0 Å². The number of unbranched alkanes of at least 4 members (excludes halogenated alkanes) is 1. The Balaban J connectivity index is 3.22. The molecule has 0 aromatic carbocycles. The zero-order valence-electron chi connectivity index (χ0n) is 6.59. The van der Waals surface area contributed by atoms with Crippen molar-refractivity contribution in [2.45, 2.75) is 31.8 Å². The molecule has 11 heavy (non-hydrogen) atoms. The van der Waals surface area contributed by atoms with E-state index in [4.69, 9.17) is 16.7 Å². The summed E-state index contributed by atoms with van der Waals surface area (Å²) < 4.78 is 0. The van der Waals surface area contributed by atoms with E-state index in [0.717, 1.165) is 12.8 Å². The Bertz CT molecular complexity index is 115. The first-order valence-corrected chi connectivity index (χ1v) is 4.16. The molecule has 2 nitrogen and oxygen atoms in total. The lowest BCUT2D eigenvalue weighted by atomic mass is 10.1. The summed E-state index contributed by atoms with van der Waals surface area (Å²) >= 11 is 5.48. The molecule has 0 radical (unpaired) electrons. The monoisotopic (exact) mass is 178 g/mol. The van der Waals surface area contributed by atoms with Crippen molar-refractivity contribution in [3.8, 4) is 0 Å². The van der Waals surface area contributed by atoms with Crippen molar-refractivity contribution in [1.29, 1.82) is 0 Å². The molecule has 0 bridgehead atoms. The van der Waals surface area contributed by atoms with Gasteiger partial charge in [0.2, 0.25) is 0 Å². The molecule has 0 saturated carbocycles. The van der Waals surface area contributed by atoms with Gasteiger partial charge < -0.3 is 10.2 Å². The summed E-state index contributed by atoms with van der Waals surface area (Å²) in [5.74, 6) is 0. The highest BCUT2D eigenvalue weighted by molar-refractivity contribution is 6.29. The summed E-state index contributed by atoms with van der Waals surface area (Å²) in [5.41, 5.74) is 0. The van der Waals surface area contributed by atoms with Crippen LogP contribution in [0.2, 0.25) is 0 Å². The van der Waals surface area contributed by atoms with E-state index in [0.29, 0.717) is 17.9 Å². The van der Waals surface area contributed by atoms with Crippen LogP contribution in [-0.4, -0.2) is 22.9 Å². The fourth-order valence-corrected chi connectivity index (χ4v) is 1.03. The van der Waals surface area contributed by atoms with Crippen LogP contribution in [0.25, 0.3) is 0 Å². The predicted octanol–water partition coefficient (Wildman–Crippen LogP) is 1.65. The standard InChI is InChI=1S/C8H15ClO2/c1-7(9)6-8(11)4-2-3-5-10/h8,10-11H,1-6H2. The lowest BCUT2D eigenvalue weighted by Crippen LogP contribution is -2.05. The van der Waals surface area contributed by atoms with Gasteiger partial charge in [-0.15, -0.1) is 0 Å². The molecular formula is C8H15ClO2. The van der Waals surface area contributed by atoms with E-state index in [1.165, 1.54) is 0 Å². The second kappa shape index (κ2) is 6.65. The van der Waals surface area contributed by atoms with Crippen LogP contribution in [0.3, 0.4) is 0 Å². The van der Waals surface area contributed by atoms with E-state index in [2.05, 4.69) is 6.58 Å². The summed E-state index contributed by atoms with van der Waals surface area (Å²) in [6, 6.07) is 0. The van der Waals surface area contributed by atoms with Crippen molar-refractivity contribution in [3.63, 3.8) is 0 Å².